The molecule has 1 aromatic carbocycles. The third-order valence-corrected chi connectivity index (χ3v) is 5.18. The molecule has 31 heavy (non-hydrogen) atoms. The van der Waals surface area contributed by atoms with Crippen LogP contribution in [-0.2, 0) is 0 Å². The van der Waals surface area contributed by atoms with E-state index in [2.05, 4.69) is 30.1 Å². The summed E-state index contributed by atoms with van der Waals surface area (Å²) in [6.45, 7) is 0. The Hall–Kier alpha value is -4.46. The molecular weight excluding hydrogens is 393 g/mol. The van der Waals surface area contributed by atoms with Crippen molar-refractivity contribution in [3.05, 3.63) is 79.3 Å². The molecule has 7 nitrogen and oxygen atoms in total. The SMILES string of the molecule is Fc1cc2[nH]nc(-c3nc4c(-c5cccnc5)nccc4[nH]3)c2cc1-c1cccnc1. The third-order valence-electron chi connectivity index (χ3n) is 5.18. The molecule has 0 fully saturated rings. The van der Waals surface area contributed by atoms with Gasteiger partial charge < -0.3 is 4.98 Å². The highest BCUT2D eigenvalue weighted by molar-refractivity contribution is 5.97. The normalized spacial score (nSPS) is 11.4. The van der Waals surface area contributed by atoms with Gasteiger partial charge in [0.1, 0.15) is 17.0 Å². The van der Waals surface area contributed by atoms with Gasteiger partial charge in [-0.25, -0.2) is 9.37 Å². The van der Waals surface area contributed by atoms with E-state index in [9.17, 15) is 4.39 Å². The predicted molar refractivity (Wildman–Crippen MR) is 115 cm³/mol. The number of aromatic nitrogens is 7. The number of H-pyrrole nitrogens is 2. The Morgan fingerprint density at radius 2 is 1.61 bits per heavy atom. The summed E-state index contributed by atoms with van der Waals surface area (Å²) >= 11 is 0. The van der Waals surface area contributed by atoms with Crippen LogP contribution in [0.2, 0.25) is 0 Å². The second kappa shape index (κ2) is 6.81. The second-order valence-corrected chi connectivity index (χ2v) is 7.07. The fraction of sp³-hybridized carbons (Fsp3) is 0. The van der Waals surface area contributed by atoms with Crippen LogP contribution in [0.5, 0.6) is 0 Å². The Labute approximate surface area is 175 Å². The van der Waals surface area contributed by atoms with Crippen molar-refractivity contribution in [1.82, 2.24) is 35.1 Å². The first kappa shape index (κ1) is 17.4. The number of hydrogen-bond donors (Lipinski definition) is 2. The van der Waals surface area contributed by atoms with E-state index in [4.69, 9.17) is 4.98 Å². The van der Waals surface area contributed by atoms with Gasteiger partial charge in [-0.05, 0) is 30.3 Å². The highest BCUT2D eigenvalue weighted by Crippen LogP contribution is 2.33. The minimum atomic E-state index is -0.344. The molecule has 6 aromatic rings. The van der Waals surface area contributed by atoms with Gasteiger partial charge in [-0.3, -0.25) is 20.1 Å². The molecule has 0 saturated heterocycles. The smallest absolute Gasteiger partial charge is 0.159 e. The van der Waals surface area contributed by atoms with E-state index in [-0.39, 0.29) is 5.82 Å². The van der Waals surface area contributed by atoms with E-state index in [0.29, 0.717) is 28.2 Å². The van der Waals surface area contributed by atoms with Gasteiger partial charge in [0.2, 0.25) is 0 Å². The molecule has 5 aromatic heterocycles. The van der Waals surface area contributed by atoms with Crippen LogP contribution in [0.15, 0.2) is 73.4 Å². The standard InChI is InChI=1S/C23H14FN7/c24-17-10-19-16(9-15(17)13-3-1-6-25-11-13)21(31-30-19)23-28-18-5-8-27-20(22(18)29-23)14-4-2-7-26-12-14/h1-12H,(H,28,29)(H,30,31). The molecule has 0 amide bonds. The van der Waals surface area contributed by atoms with Crippen LogP contribution >= 0.6 is 0 Å². The molecule has 0 atom stereocenters. The Kier molecular flexibility index (Phi) is 3.82. The van der Waals surface area contributed by atoms with Gasteiger partial charge in [0.15, 0.2) is 5.82 Å². The maximum atomic E-state index is 14.7. The Morgan fingerprint density at radius 3 is 2.39 bits per heavy atom. The molecule has 0 saturated carbocycles. The van der Waals surface area contributed by atoms with Crippen LogP contribution in [0, 0.1) is 5.82 Å². The van der Waals surface area contributed by atoms with Gasteiger partial charge in [0.25, 0.3) is 0 Å². The van der Waals surface area contributed by atoms with Crippen molar-refractivity contribution in [2.75, 3.05) is 0 Å². The summed E-state index contributed by atoms with van der Waals surface area (Å²) in [6.07, 6.45) is 8.49. The number of rotatable bonds is 3. The summed E-state index contributed by atoms with van der Waals surface area (Å²) in [6, 6.07) is 12.5. The molecule has 0 bridgehead atoms. The number of pyridine rings is 3. The lowest BCUT2D eigenvalue weighted by Crippen LogP contribution is -1.87. The van der Waals surface area contributed by atoms with Crippen LogP contribution in [0.4, 0.5) is 4.39 Å². The number of fused-ring (bicyclic) bond motifs is 2. The van der Waals surface area contributed by atoms with Crippen molar-refractivity contribution in [1.29, 1.82) is 0 Å². The van der Waals surface area contributed by atoms with Crippen molar-refractivity contribution in [3.63, 3.8) is 0 Å². The minimum absolute atomic E-state index is 0.344. The average molecular weight is 407 g/mol. The van der Waals surface area contributed by atoms with Crippen LogP contribution in [-0.4, -0.2) is 35.1 Å². The number of hydrogen-bond acceptors (Lipinski definition) is 5. The molecule has 8 heteroatoms. The molecule has 0 aliphatic rings. The van der Waals surface area contributed by atoms with Gasteiger partial charge in [0, 0.05) is 59.1 Å². The second-order valence-electron chi connectivity index (χ2n) is 7.07. The van der Waals surface area contributed by atoms with Crippen LogP contribution < -0.4 is 0 Å². The molecule has 2 N–H and O–H groups in total. The lowest BCUT2D eigenvalue weighted by Gasteiger charge is -2.03. The van der Waals surface area contributed by atoms with Crippen LogP contribution in [0.3, 0.4) is 0 Å². The van der Waals surface area contributed by atoms with Crippen LogP contribution in [0.1, 0.15) is 0 Å². The largest absolute Gasteiger partial charge is 0.336 e. The van der Waals surface area contributed by atoms with Gasteiger partial charge in [-0.1, -0.05) is 6.07 Å². The fourth-order valence-corrected chi connectivity index (χ4v) is 3.72. The molecule has 148 valence electrons. The predicted octanol–water partition coefficient (Wildman–Crippen LogP) is 4.76. The zero-order valence-corrected chi connectivity index (χ0v) is 16.0. The lowest BCUT2D eigenvalue weighted by atomic mass is 10.0. The zero-order valence-electron chi connectivity index (χ0n) is 16.0. The van der Waals surface area contributed by atoms with Gasteiger partial charge in [-0.15, -0.1) is 0 Å². The molecule has 5 heterocycles. The molecule has 0 spiro atoms. The Balaban J connectivity index is 1.54. The average Bonchev–Trinajstić information content (AvgIpc) is 3.43. The first-order valence-electron chi connectivity index (χ1n) is 9.61. The van der Waals surface area contributed by atoms with Crippen LogP contribution in [0.25, 0.3) is 55.8 Å². The summed E-state index contributed by atoms with van der Waals surface area (Å²) in [5.41, 5.74) is 5.50. The molecule has 0 aliphatic heterocycles. The van der Waals surface area contributed by atoms with Crippen molar-refractivity contribution in [3.8, 4) is 33.9 Å². The van der Waals surface area contributed by atoms with Crippen molar-refractivity contribution in [2.24, 2.45) is 0 Å². The highest BCUT2D eigenvalue weighted by atomic mass is 19.1. The van der Waals surface area contributed by atoms with E-state index < -0.39 is 0 Å². The van der Waals surface area contributed by atoms with Gasteiger partial charge >= 0.3 is 0 Å². The first-order valence-corrected chi connectivity index (χ1v) is 9.61. The summed E-state index contributed by atoms with van der Waals surface area (Å²) in [7, 11) is 0. The molecule has 0 radical (unpaired) electrons. The number of imidazole rings is 1. The zero-order chi connectivity index (χ0) is 20.8. The Morgan fingerprint density at radius 1 is 0.806 bits per heavy atom. The van der Waals surface area contributed by atoms with Crippen molar-refractivity contribution < 1.29 is 4.39 Å². The summed E-state index contributed by atoms with van der Waals surface area (Å²) in [4.78, 5) is 20.9. The number of nitrogens with zero attached hydrogens (tertiary/aromatic N) is 5. The minimum Gasteiger partial charge on any atom is -0.336 e. The van der Waals surface area contributed by atoms with E-state index in [0.717, 1.165) is 27.7 Å². The van der Waals surface area contributed by atoms with Crippen molar-refractivity contribution >= 4 is 21.9 Å². The molecule has 0 aliphatic carbocycles. The summed E-state index contributed by atoms with van der Waals surface area (Å²) in [5.74, 6) is 0.228. The number of halogens is 1. The topological polar surface area (TPSA) is 96.0 Å². The van der Waals surface area contributed by atoms with E-state index in [1.54, 1.807) is 43.1 Å². The van der Waals surface area contributed by atoms with E-state index >= 15 is 0 Å². The maximum absolute atomic E-state index is 14.7. The maximum Gasteiger partial charge on any atom is 0.159 e. The Bertz CT molecular complexity index is 1540. The van der Waals surface area contributed by atoms with E-state index in [1.165, 1.54) is 6.07 Å². The van der Waals surface area contributed by atoms with Crippen molar-refractivity contribution in [2.45, 2.75) is 0 Å². The molecule has 0 unspecified atom stereocenters. The quantitative estimate of drug-likeness (QED) is 0.441. The highest BCUT2D eigenvalue weighted by Gasteiger charge is 2.18. The molecular formula is C23H14FN7. The van der Waals surface area contributed by atoms with E-state index in [1.807, 2.05) is 24.3 Å². The number of aromatic amines is 2. The lowest BCUT2D eigenvalue weighted by molar-refractivity contribution is 0.632. The number of nitrogens with one attached hydrogen (secondary N) is 2. The summed E-state index contributed by atoms with van der Waals surface area (Å²) in [5, 5.41) is 8.07. The molecule has 6 rings (SSSR count). The number of benzene rings is 1. The fourth-order valence-electron chi connectivity index (χ4n) is 3.72. The third kappa shape index (κ3) is 2.84. The summed E-state index contributed by atoms with van der Waals surface area (Å²) < 4.78 is 14.7. The van der Waals surface area contributed by atoms with Gasteiger partial charge in [-0.2, -0.15) is 5.10 Å². The first-order chi connectivity index (χ1) is 15.3. The monoisotopic (exact) mass is 407 g/mol. The van der Waals surface area contributed by atoms with Gasteiger partial charge in [0.05, 0.1) is 16.7 Å².